The molecule has 230 valence electrons. The second-order valence-electron chi connectivity index (χ2n) is 10.6. The number of β-lactam (4-membered cyclic amide) rings is 1. The number of aliphatic hydroxyl groups excluding tert-OH is 1. The summed E-state index contributed by atoms with van der Waals surface area (Å²) >= 11 is 2.40. The van der Waals surface area contributed by atoms with Crippen molar-refractivity contribution < 1.29 is 39.1 Å². The molecule has 0 saturated carbocycles. The molecule has 2 saturated heterocycles. The Morgan fingerprint density at radius 3 is 2.49 bits per heavy atom. The van der Waals surface area contributed by atoms with Gasteiger partial charge in [-0.2, -0.15) is 5.26 Å². The van der Waals surface area contributed by atoms with Crippen LogP contribution in [0, 0.1) is 33.4 Å². The van der Waals surface area contributed by atoms with Crippen molar-refractivity contribution in [3.63, 3.8) is 0 Å². The van der Waals surface area contributed by atoms with E-state index in [9.17, 15) is 44.8 Å². The van der Waals surface area contributed by atoms with Crippen LogP contribution in [-0.4, -0.2) is 102 Å². The van der Waals surface area contributed by atoms with Crippen molar-refractivity contribution in [2.75, 3.05) is 19.8 Å². The van der Waals surface area contributed by atoms with E-state index < -0.39 is 58.2 Å². The first kappa shape index (κ1) is 32.1. The fraction of sp³-hybridized carbons (Fsp3) is 0.519. The third kappa shape index (κ3) is 6.01. The van der Waals surface area contributed by atoms with E-state index in [2.05, 4.69) is 0 Å². The third-order valence-corrected chi connectivity index (χ3v) is 10.5. The van der Waals surface area contributed by atoms with E-state index in [1.165, 1.54) is 71.6 Å². The number of amides is 3. The summed E-state index contributed by atoms with van der Waals surface area (Å²) < 4.78 is 5.52. The number of carbonyl (C=O) groups excluding carboxylic acids is 3. The van der Waals surface area contributed by atoms with Crippen molar-refractivity contribution in [1.82, 2.24) is 14.7 Å². The first-order valence-electron chi connectivity index (χ1n) is 13.3. The molecule has 0 bridgehead atoms. The van der Waals surface area contributed by atoms with E-state index in [0.717, 1.165) is 4.90 Å². The molecule has 3 heterocycles. The van der Waals surface area contributed by atoms with Crippen LogP contribution in [0.25, 0.3) is 0 Å². The molecule has 1 aromatic carbocycles. The first-order valence-corrected chi connectivity index (χ1v) is 15.5. The summed E-state index contributed by atoms with van der Waals surface area (Å²) in [6.07, 6.45) is 2.06. The molecule has 2 fully saturated rings. The maximum Gasteiger partial charge on any atom is 0.410 e. The molecule has 1 aromatic rings. The van der Waals surface area contributed by atoms with Crippen LogP contribution in [-0.2, 0) is 25.7 Å². The number of thioether (sulfide) groups is 2. The van der Waals surface area contributed by atoms with Gasteiger partial charge >= 0.3 is 12.1 Å². The number of fused-ring (bicyclic) bond motifs is 1. The zero-order valence-corrected chi connectivity index (χ0v) is 25.4. The zero-order valence-electron chi connectivity index (χ0n) is 23.8. The number of nitro groups is 1. The molecule has 0 aromatic heterocycles. The number of carboxylic acids is 1. The second kappa shape index (κ2) is 12.8. The molecule has 3 amide bonds. The average molecular weight is 634 g/mol. The number of ether oxygens (including phenoxy) is 1. The van der Waals surface area contributed by atoms with E-state index >= 15 is 0 Å². The maximum atomic E-state index is 13.4. The van der Waals surface area contributed by atoms with E-state index in [4.69, 9.17) is 4.74 Å². The number of nitriles is 1. The van der Waals surface area contributed by atoms with Crippen molar-refractivity contribution >= 4 is 53.1 Å². The van der Waals surface area contributed by atoms with Gasteiger partial charge < -0.3 is 24.7 Å². The summed E-state index contributed by atoms with van der Waals surface area (Å²) in [4.78, 5) is 65.8. The summed E-state index contributed by atoms with van der Waals surface area (Å²) in [7, 11) is 1.33. The number of non-ortho nitro benzene ring substituents is 1. The fourth-order valence-corrected chi connectivity index (χ4v) is 8.34. The molecule has 4 rings (SSSR count). The van der Waals surface area contributed by atoms with Gasteiger partial charge in [0.25, 0.3) is 11.6 Å². The van der Waals surface area contributed by atoms with Crippen molar-refractivity contribution in [2.45, 2.75) is 55.6 Å². The number of carbonyl (C=O) groups is 4. The van der Waals surface area contributed by atoms with Crippen molar-refractivity contribution in [3.05, 3.63) is 50.5 Å². The Morgan fingerprint density at radius 1 is 1.30 bits per heavy atom. The summed E-state index contributed by atoms with van der Waals surface area (Å²) in [6, 6.07) is 4.33. The quantitative estimate of drug-likeness (QED) is 0.126. The Morgan fingerprint density at radius 2 is 1.95 bits per heavy atom. The van der Waals surface area contributed by atoms with Gasteiger partial charge in [0.1, 0.15) is 17.6 Å². The molecule has 3 aliphatic heterocycles. The average Bonchev–Trinajstić information content (AvgIpc) is 3.48. The molecule has 2 N–H and O–H groups in total. The van der Waals surface area contributed by atoms with Gasteiger partial charge in [-0.05, 0) is 37.3 Å². The van der Waals surface area contributed by atoms with Crippen LogP contribution in [0.2, 0.25) is 0 Å². The molecular weight excluding hydrogens is 602 g/mol. The summed E-state index contributed by atoms with van der Waals surface area (Å²) in [5, 5.41) is 39.2. The lowest BCUT2D eigenvalue weighted by Crippen LogP contribution is -2.63. The molecule has 14 nitrogen and oxygen atoms in total. The summed E-state index contributed by atoms with van der Waals surface area (Å²) in [5.41, 5.74) is 0.266. The van der Waals surface area contributed by atoms with Crippen molar-refractivity contribution in [2.24, 2.45) is 11.8 Å². The summed E-state index contributed by atoms with van der Waals surface area (Å²) in [6.45, 7) is 3.21. The number of aliphatic hydroxyl groups is 1. The molecule has 0 spiro atoms. The monoisotopic (exact) mass is 633 g/mol. The second-order valence-corrected chi connectivity index (χ2v) is 12.9. The smallest absolute Gasteiger partial charge is 0.410 e. The van der Waals surface area contributed by atoms with Gasteiger partial charge in [0.2, 0.25) is 5.91 Å². The normalized spacial score (nSPS) is 25.9. The highest BCUT2D eigenvalue weighted by Crippen LogP contribution is 2.52. The van der Waals surface area contributed by atoms with Gasteiger partial charge in [-0.3, -0.25) is 24.6 Å². The number of aliphatic carboxylic acids is 1. The van der Waals surface area contributed by atoms with Crippen LogP contribution in [0.4, 0.5) is 10.5 Å². The number of likely N-dealkylation sites (tertiary alicyclic amines) is 1. The first-order chi connectivity index (χ1) is 20.3. The van der Waals surface area contributed by atoms with E-state index in [0.29, 0.717) is 10.5 Å². The number of hydrogen-bond donors (Lipinski definition) is 2. The molecule has 3 aliphatic rings. The Bertz CT molecular complexity index is 1400. The van der Waals surface area contributed by atoms with Crippen LogP contribution in [0.5, 0.6) is 0 Å². The Hall–Kier alpha value is -3.81. The van der Waals surface area contributed by atoms with E-state index in [1.807, 2.05) is 0 Å². The Kier molecular flexibility index (Phi) is 9.57. The fourth-order valence-electron chi connectivity index (χ4n) is 5.87. The molecular formula is C27H31N5O9S2. The number of carboxylic acid groups (broad SMARTS) is 1. The topological polar surface area (TPSA) is 195 Å². The van der Waals surface area contributed by atoms with Crippen LogP contribution < -0.4 is 0 Å². The molecule has 16 heteroatoms. The van der Waals surface area contributed by atoms with Crippen LogP contribution in [0.1, 0.15) is 25.8 Å². The van der Waals surface area contributed by atoms with Gasteiger partial charge in [0.05, 0.1) is 29.0 Å². The minimum atomic E-state index is -1.27. The van der Waals surface area contributed by atoms with Gasteiger partial charge in [-0.15, -0.1) is 23.5 Å². The number of nitrogens with zero attached hydrogens (tertiary/aromatic N) is 5. The van der Waals surface area contributed by atoms with Gasteiger partial charge in [0.15, 0.2) is 6.19 Å². The Labute approximate surface area is 255 Å². The largest absolute Gasteiger partial charge is 0.477 e. The minimum Gasteiger partial charge on any atom is -0.477 e. The van der Waals surface area contributed by atoms with Crippen LogP contribution in [0.15, 0.2) is 34.9 Å². The predicted octanol–water partition coefficient (Wildman–Crippen LogP) is 2.23. The van der Waals surface area contributed by atoms with Crippen molar-refractivity contribution in [1.29, 1.82) is 5.26 Å². The SMILES string of the molecule is CSC(C(=O)N(C)C#N)[C@@H]1C[C@H](SC2=C(C(=O)O)N3C(=O)[C@H]([C@@H](C)O)[C@H]3[C@H]2C)CN1C(=O)OCc1ccc([N+](=O)[O-])cc1. The predicted molar refractivity (Wildman–Crippen MR) is 155 cm³/mol. The van der Waals surface area contributed by atoms with Gasteiger partial charge in [-0.1, -0.05) is 6.92 Å². The molecule has 43 heavy (non-hydrogen) atoms. The molecule has 0 radical (unpaired) electrons. The molecule has 7 atom stereocenters. The lowest BCUT2D eigenvalue weighted by Gasteiger charge is -2.46. The third-order valence-electron chi connectivity index (χ3n) is 7.98. The van der Waals surface area contributed by atoms with E-state index in [-0.39, 0.29) is 42.1 Å². The Balaban J connectivity index is 1.58. The molecule has 1 unspecified atom stereocenters. The lowest BCUT2D eigenvalue weighted by molar-refractivity contribution is -0.384. The number of hydrogen-bond acceptors (Lipinski definition) is 11. The highest BCUT2D eigenvalue weighted by molar-refractivity contribution is 8.03. The zero-order chi connectivity index (χ0) is 31.7. The highest BCUT2D eigenvalue weighted by Gasteiger charge is 2.60. The van der Waals surface area contributed by atoms with Gasteiger partial charge in [-0.25, -0.2) is 9.59 Å². The standard InChI is InChI=1S/C27H31N5O9S2/c1-13-20-19(14(2)33)24(34)31(20)21(26(36)37)22(13)43-17-9-18(23(42-4)25(35)29(3)12-28)30(10-17)27(38)41-11-15-5-7-16(8-6-15)32(39)40/h5-8,13-14,17-20,23,33H,9-11H2,1-4H3,(H,36,37)/t13-,14-,17+,18+,19-,20-,23?/m1/s1. The minimum absolute atomic E-state index is 0.0938. The number of rotatable bonds is 10. The maximum absolute atomic E-state index is 13.4. The summed E-state index contributed by atoms with van der Waals surface area (Å²) in [5.74, 6) is -3.32. The highest BCUT2D eigenvalue weighted by atomic mass is 32.2. The molecule has 0 aliphatic carbocycles. The van der Waals surface area contributed by atoms with Crippen LogP contribution in [0.3, 0.4) is 0 Å². The van der Waals surface area contributed by atoms with Crippen LogP contribution >= 0.6 is 23.5 Å². The number of benzene rings is 1. The van der Waals surface area contributed by atoms with E-state index in [1.54, 1.807) is 19.4 Å². The van der Waals surface area contributed by atoms with Crippen molar-refractivity contribution in [3.8, 4) is 6.19 Å². The number of nitro benzene ring substituents is 1. The lowest BCUT2D eigenvalue weighted by atomic mass is 9.79. The van der Waals surface area contributed by atoms with Gasteiger partial charge in [0, 0.05) is 41.8 Å².